The molecule has 0 saturated heterocycles. The van der Waals surface area contributed by atoms with Crippen LogP contribution in [-0.4, -0.2) is 22.7 Å². The summed E-state index contributed by atoms with van der Waals surface area (Å²) in [6.07, 6.45) is 21.5. The summed E-state index contributed by atoms with van der Waals surface area (Å²) in [7, 11) is 0. The van der Waals surface area contributed by atoms with Gasteiger partial charge in [0.05, 0.1) is 0 Å². The molecule has 3 nitrogen and oxygen atoms in total. The third kappa shape index (κ3) is 15.8. The molecule has 0 radical (unpaired) electrons. The summed E-state index contributed by atoms with van der Waals surface area (Å²) in [4.78, 5) is 11.4. The van der Waals surface area contributed by atoms with E-state index in [4.69, 9.17) is 0 Å². The van der Waals surface area contributed by atoms with Gasteiger partial charge in [-0.05, 0) is 39.0 Å². The smallest absolute Gasteiger partial charge is 0.245 e. The van der Waals surface area contributed by atoms with E-state index in [0.29, 0.717) is 13.0 Å². The third-order valence-electron chi connectivity index (χ3n) is 4.24. The van der Waals surface area contributed by atoms with E-state index in [0.717, 1.165) is 17.9 Å². The molecule has 0 aromatic heterocycles. The molecule has 23 heavy (non-hydrogen) atoms. The van der Waals surface area contributed by atoms with Crippen LogP contribution in [0.3, 0.4) is 0 Å². The summed E-state index contributed by atoms with van der Waals surface area (Å²) < 4.78 is 0. The molecule has 0 aromatic carbocycles. The number of carbonyl (C=O) groups excluding carboxylic acids is 1. The number of hydroxylamine groups is 2. The Balaban J connectivity index is 3.21. The van der Waals surface area contributed by atoms with Crippen LogP contribution in [0, 0.1) is 0 Å². The Kier molecular flexibility index (Phi) is 16.9. The van der Waals surface area contributed by atoms with Gasteiger partial charge in [-0.25, -0.2) is 5.06 Å². The van der Waals surface area contributed by atoms with Crippen LogP contribution in [-0.2, 0) is 4.79 Å². The Morgan fingerprint density at radius 1 is 0.783 bits per heavy atom. The van der Waals surface area contributed by atoms with Crippen LogP contribution >= 0.6 is 0 Å². The molecule has 1 N–H and O–H groups in total. The fourth-order valence-corrected chi connectivity index (χ4v) is 2.65. The average molecular weight is 326 g/mol. The first-order valence-corrected chi connectivity index (χ1v) is 9.86. The lowest BCUT2D eigenvalue weighted by atomic mass is 10.1. The van der Waals surface area contributed by atoms with Crippen LogP contribution in [0.25, 0.3) is 0 Å². The van der Waals surface area contributed by atoms with E-state index in [2.05, 4.69) is 19.1 Å². The number of rotatable bonds is 16. The van der Waals surface area contributed by atoms with Gasteiger partial charge in [-0.15, -0.1) is 0 Å². The second kappa shape index (κ2) is 17.5. The normalized spacial score (nSPS) is 11.3. The summed E-state index contributed by atoms with van der Waals surface area (Å²) in [5.74, 6) is -0.148. The lowest BCUT2D eigenvalue weighted by Crippen LogP contribution is -2.26. The molecule has 0 aromatic rings. The van der Waals surface area contributed by atoms with Gasteiger partial charge in [0.15, 0.2) is 0 Å². The van der Waals surface area contributed by atoms with Crippen molar-refractivity contribution in [3.63, 3.8) is 0 Å². The number of hydrogen-bond acceptors (Lipinski definition) is 2. The van der Waals surface area contributed by atoms with Crippen LogP contribution in [0.2, 0.25) is 0 Å². The molecule has 0 aliphatic heterocycles. The maximum atomic E-state index is 11.4. The van der Waals surface area contributed by atoms with Crippen molar-refractivity contribution in [3.8, 4) is 0 Å². The molecule has 0 aliphatic carbocycles. The first-order chi connectivity index (χ1) is 11.2. The lowest BCUT2D eigenvalue weighted by Gasteiger charge is -2.11. The summed E-state index contributed by atoms with van der Waals surface area (Å²) >= 11 is 0. The summed E-state index contributed by atoms with van der Waals surface area (Å²) in [6, 6.07) is 0. The van der Waals surface area contributed by atoms with Crippen LogP contribution in [0.1, 0.15) is 104 Å². The van der Waals surface area contributed by atoms with Gasteiger partial charge in [-0.1, -0.05) is 70.4 Å². The molecule has 0 fully saturated rings. The number of nitrogens with zero attached hydrogens (tertiary/aromatic N) is 1. The summed E-state index contributed by atoms with van der Waals surface area (Å²) in [5.41, 5.74) is 0. The van der Waals surface area contributed by atoms with Crippen molar-refractivity contribution < 1.29 is 10.0 Å². The SMILES string of the molecule is CCCCCCCC/C=C\CCCCCCCC(=O)N(O)CC. The van der Waals surface area contributed by atoms with Crippen molar-refractivity contribution >= 4 is 5.91 Å². The van der Waals surface area contributed by atoms with Crippen molar-refractivity contribution in [2.45, 2.75) is 104 Å². The molecule has 0 aliphatic rings. The van der Waals surface area contributed by atoms with Gasteiger partial charge in [-0.2, -0.15) is 0 Å². The molecular formula is C20H39NO2. The van der Waals surface area contributed by atoms with Crippen molar-refractivity contribution in [1.82, 2.24) is 5.06 Å². The Hall–Kier alpha value is -0.830. The Morgan fingerprint density at radius 2 is 1.26 bits per heavy atom. The minimum atomic E-state index is -0.148. The molecule has 136 valence electrons. The molecule has 3 heteroatoms. The fraction of sp³-hybridized carbons (Fsp3) is 0.850. The van der Waals surface area contributed by atoms with Crippen LogP contribution in [0.4, 0.5) is 0 Å². The Morgan fingerprint density at radius 3 is 1.78 bits per heavy atom. The van der Waals surface area contributed by atoms with Crippen LogP contribution in [0.5, 0.6) is 0 Å². The minimum absolute atomic E-state index is 0.148. The zero-order valence-corrected chi connectivity index (χ0v) is 15.6. The van der Waals surface area contributed by atoms with Crippen molar-refractivity contribution in [1.29, 1.82) is 0 Å². The molecule has 0 bridgehead atoms. The fourth-order valence-electron chi connectivity index (χ4n) is 2.65. The van der Waals surface area contributed by atoms with Gasteiger partial charge in [0, 0.05) is 13.0 Å². The molecule has 0 saturated carbocycles. The van der Waals surface area contributed by atoms with Gasteiger partial charge in [0.25, 0.3) is 0 Å². The summed E-state index contributed by atoms with van der Waals surface area (Å²) in [6.45, 7) is 4.42. The van der Waals surface area contributed by atoms with Crippen molar-refractivity contribution in [3.05, 3.63) is 12.2 Å². The topological polar surface area (TPSA) is 40.5 Å². The molecule has 0 unspecified atom stereocenters. The monoisotopic (exact) mass is 325 g/mol. The molecule has 0 spiro atoms. The lowest BCUT2D eigenvalue weighted by molar-refractivity contribution is -0.164. The molecular weight excluding hydrogens is 286 g/mol. The molecule has 0 rings (SSSR count). The Bertz CT molecular complexity index is 289. The molecule has 0 atom stereocenters. The van der Waals surface area contributed by atoms with E-state index >= 15 is 0 Å². The van der Waals surface area contributed by atoms with Gasteiger partial charge >= 0.3 is 0 Å². The zero-order chi connectivity index (χ0) is 17.2. The van der Waals surface area contributed by atoms with Crippen LogP contribution < -0.4 is 0 Å². The second-order valence-electron chi connectivity index (χ2n) is 6.44. The summed E-state index contributed by atoms with van der Waals surface area (Å²) in [5, 5.41) is 10.0. The van der Waals surface area contributed by atoms with Gasteiger partial charge in [0.1, 0.15) is 0 Å². The number of unbranched alkanes of at least 4 members (excludes halogenated alkanes) is 11. The minimum Gasteiger partial charge on any atom is -0.286 e. The standard InChI is InChI=1S/C20H39NO2/c1-3-5-6-7-8-9-10-11-12-13-14-15-16-17-18-19-20(22)21(23)4-2/h11-12,23H,3-10,13-19H2,1-2H3/b12-11-. The Labute approximate surface area is 144 Å². The van der Waals surface area contributed by atoms with E-state index in [1.807, 2.05) is 0 Å². The average Bonchev–Trinajstić information content (AvgIpc) is 2.57. The predicted molar refractivity (Wildman–Crippen MR) is 98.6 cm³/mol. The van der Waals surface area contributed by atoms with Crippen molar-refractivity contribution in [2.75, 3.05) is 6.54 Å². The zero-order valence-electron chi connectivity index (χ0n) is 15.6. The number of allylic oxidation sites excluding steroid dienone is 2. The van der Waals surface area contributed by atoms with E-state index < -0.39 is 0 Å². The molecule has 1 amide bonds. The first-order valence-electron chi connectivity index (χ1n) is 9.86. The quantitative estimate of drug-likeness (QED) is 0.157. The predicted octanol–water partition coefficient (Wildman–Crippen LogP) is 6.26. The highest BCUT2D eigenvalue weighted by Gasteiger charge is 2.06. The van der Waals surface area contributed by atoms with Crippen molar-refractivity contribution in [2.24, 2.45) is 0 Å². The molecule has 0 heterocycles. The highest BCUT2D eigenvalue weighted by Crippen LogP contribution is 2.10. The van der Waals surface area contributed by atoms with Gasteiger partial charge < -0.3 is 0 Å². The van der Waals surface area contributed by atoms with Crippen LogP contribution in [0.15, 0.2) is 12.2 Å². The van der Waals surface area contributed by atoms with E-state index in [1.54, 1.807) is 6.92 Å². The van der Waals surface area contributed by atoms with E-state index in [9.17, 15) is 10.0 Å². The highest BCUT2D eigenvalue weighted by molar-refractivity contribution is 5.74. The highest BCUT2D eigenvalue weighted by atomic mass is 16.5. The first kappa shape index (κ1) is 22.2. The maximum Gasteiger partial charge on any atom is 0.245 e. The number of carbonyl (C=O) groups is 1. The van der Waals surface area contributed by atoms with E-state index in [-0.39, 0.29) is 5.91 Å². The second-order valence-corrected chi connectivity index (χ2v) is 6.44. The van der Waals surface area contributed by atoms with Gasteiger partial charge in [-0.3, -0.25) is 10.0 Å². The number of amides is 1. The largest absolute Gasteiger partial charge is 0.286 e. The number of hydrogen-bond donors (Lipinski definition) is 1. The van der Waals surface area contributed by atoms with Gasteiger partial charge in [0.2, 0.25) is 5.91 Å². The maximum absolute atomic E-state index is 11.4. The van der Waals surface area contributed by atoms with E-state index in [1.165, 1.54) is 70.6 Å². The third-order valence-corrected chi connectivity index (χ3v) is 4.24.